The van der Waals surface area contributed by atoms with Gasteiger partial charge in [0, 0.05) is 41.8 Å². The summed E-state index contributed by atoms with van der Waals surface area (Å²) in [6, 6.07) is 0. The fourth-order valence-corrected chi connectivity index (χ4v) is 0.100. The van der Waals surface area contributed by atoms with Crippen molar-refractivity contribution in [3.05, 3.63) is 0 Å². The molecule has 24 heavy (non-hydrogen) atoms. The van der Waals surface area contributed by atoms with Gasteiger partial charge >= 0.3 is 0 Å². The molecule has 0 aromatic heterocycles. The molecule has 0 N–H and O–H groups in total. The number of nitriles is 1. The van der Waals surface area contributed by atoms with Crippen LogP contribution in [0.2, 0.25) is 0 Å². The van der Waals surface area contributed by atoms with E-state index in [2.05, 4.69) is 22.2 Å². The molecule has 0 aromatic rings. The van der Waals surface area contributed by atoms with Gasteiger partial charge in [-0.3, -0.25) is 9.20 Å². The van der Waals surface area contributed by atoms with Crippen LogP contribution in [0.5, 0.6) is 0 Å². The Labute approximate surface area is 158 Å². The molecule has 0 fully saturated rings. The van der Waals surface area contributed by atoms with Gasteiger partial charge in [0.2, 0.25) is 6.19 Å². The van der Waals surface area contributed by atoms with Crippen molar-refractivity contribution >= 4 is 45.1 Å². The first-order chi connectivity index (χ1) is 10.2. The van der Waals surface area contributed by atoms with Crippen molar-refractivity contribution in [3.8, 4) is 6.19 Å². The van der Waals surface area contributed by atoms with E-state index in [9.17, 15) is 9.00 Å². The normalized spacial score (nSPS) is 6.62. The van der Waals surface area contributed by atoms with Crippen LogP contribution in [0.15, 0.2) is 9.98 Å². The molecule has 0 aliphatic carbocycles. The van der Waals surface area contributed by atoms with Crippen LogP contribution in [0.1, 0.15) is 62.8 Å². The summed E-state index contributed by atoms with van der Waals surface area (Å²) in [4.78, 5) is 17.6. The summed E-state index contributed by atoms with van der Waals surface area (Å²) in [7, 11) is 1.18. The lowest BCUT2D eigenvalue weighted by molar-refractivity contribution is -0.114. The predicted molar refractivity (Wildman–Crippen MR) is 116 cm³/mol. The maximum Gasteiger partial charge on any atom is 0.205 e. The predicted octanol–water partition coefficient (Wildman–Crippen LogP) is 4.67. The van der Waals surface area contributed by atoms with E-state index in [0.717, 1.165) is 16.3 Å². The van der Waals surface area contributed by atoms with E-state index in [4.69, 9.17) is 5.26 Å². The van der Waals surface area contributed by atoms with Crippen molar-refractivity contribution in [1.29, 1.82) is 5.26 Å². The van der Waals surface area contributed by atoms with Crippen LogP contribution in [-0.4, -0.2) is 45.8 Å². The van der Waals surface area contributed by atoms with Crippen LogP contribution in [0.25, 0.3) is 0 Å². The van der Waals surface area contributed by atoms with Crippen molar-refractivity contribution in [1.82, 2.24) is 0 Å². The van der Waals surface area contributed by atoms with Crippen molar-refractivity contribution in [2.45, 2.75) is 62.8 Å². The molecule has 0 aromatic carbocycles. The minimum Gasteiger partial charge on any atom is -0.300 e. The van der Waals surface area contributed by atoms with Gasteiger partial charge in [-0.1, -0.05) is 19.6 Å². The Bertz CT molecular complexity index is 376. The lowest BCUT2D eigenvalue weighted by Gasteiger charge is -1.74. The zero-order valence-corrected chi connectivity index (χ0v) is 18.1. The van der Waals surface area contributed by atoms with E-state index in [1.165, 1.54) is 13.8 Å². The van der Waals surface area contributed by atoms with E-state index in [1.54, 1.807) is 39.6 Å². The standard InChI is InChI=1S/C4H6N2.C4H9N.C3H6O.C3H6S.C2H6OS.CH4/c1-4(2)6-3-5;1-4(2)5-3;2*1-3(2)4;1-4(2)3;/h1-2H3;1-3H3;3*1-2H3;1H4. The van der Waals surface area contributed by atoms with E-state index in [0.29, 0.717) is 0 Å². The van der Waals surface area contributed by atoms with Crippen molar-refractivity contribution in [2.24, 2.45) is 9.98 Å². The summed E-state index contributed by atoms with van der Waals surface area (Å²) >= 11 is 4.54. The Morgan fingerprint density at radius 3 is 1.12 bits per heavy atom. The smallest absolute Gasteiger partial charge is 0.205 e. The fraction of sp³-hybridized carbons (Fsp3) is 0.706. The summed E-state index contributed by atoms with van der Waals surface area (Å²) in [5.41, 5.74) is 1.93. The minimum atomic E-state index is -0.611. The molecule has 0 amide bonds. The molecule has 0 aliphatic heterocycles. The quantitative estimate of drug-likeness (QED) is 0.348. The zero-order valence-electron chi connectivity index (χ0n) is 16.5. The Hall–Kier alpha value is -1.26. The van der Waals surface area contributed by atoms with E-state index < -0.39 is 10.8 Å². The Balaban J connectivity index is -0.0000000422. The molecule has 0 spiro atoms. The first-order valence-corrected chi connectivity index (χ1v) is 9.11. The highest BCUT2D eigenvalue weighted by Gasteiger charge is 1.67. The monoisotopic (exact) mass is 379 g/mol. The molecule has 7 heteroatoms. The van der Waals surface area contributed by atoms with Crippen molar-refractivity contribution in [3.63, 3.8) is 0 Å². The molecule has 0 saturated heterocycles. The molecule has 0 atom stereocenters. The number of carbonyl (C=O) groups is 1. The molecule has 5 nitrogen and oxygen atoms in total. The van der Waals surface area contributed by atoms with Gasteiger partial charge in [-0.2, -0.15) is 10.3 Å². The third-order valence-electron chi connectivity index (χ3n) is 0.721. The number of carbonyl (C=O) groups excluding carboxylic acids is 1. The molecule has 0 unspecified atom stereocenters. The van der Waals surface area contributed by atoms with Crippen LogP contribution in [0.4, 0.5) is 0 Å². The van der Waals surface area contributed by atoms with Crippen LogP contribution < -0.4 is 0 Å². The Morgan fingerprint density at radius 2 is 1.12 bits per heavy atom. The summed E-state index contributed by atoms with van der Waals surface area (Å²) < 4.78 is 9.56. The third-order valence-corrected chi connectivity index (χ3v) is 0.721. The van der Waals surface area contributed by atoms with Crippen LogP contribution in [0, 0.1) is 11.5 Å². The lowest BCUT2D eigenvalue weighted by Crippen LogP contribution is -1.74. The molecular formula is C17H37N3O2S2. The molecule has 0 bridgehead atoms. The second kappa shape index (κ2) is 33.4. The molecule has 0 radical (unpaired) electrons. The van der Waals surface area contributed by atoms with Gasteiger partial charge in [-0.25, -0.2) is 0 Å². The Morgan fingerprint density at radius 1 is 0.958 bits per heavy atom. The first-order valence-electron chi connectivity index (χ1n) is 6.73. The molecule has 0 aliphatic rings. The van der Waals surface area contributed by atoms with Crippen molar-refractivity contribution in [2.75, 3.05) is 19.6 Å². The fourth-order valence-electron chi connectivity index (χ4n) is 0.100. The van der Waals surface area contributed by atoms with Crippen molar-refractivity contribution < 1.29 is 9.00 Å². The maximum absolute atomic E-state index is 9.56. The SMILES string of the molecule is C.CC(C)=NC#N.CC(C)=O.CC(C)=S.CN=C(C)C.CS(C)=O. The highest BCUT2D eigenvalue weighted by atomic mass is 32.2. The van der Waals surface area contributed by atoms with Crippen LogP contribution in [0.3, 0.4) is 0 Å². The lowest BCUT2D eigenvalue weighted by atomic mass is 10.5. The summed E-state index contributed by atoms with van der Waals surface area (Å²) in [5.74, 6) is 0.167. The minimum absolute atomic E-state index is 0. The molecule has 0 rings (SSSR count). The van der Waals surface area contributed by atoms with Gasteiger partial charge in [0.05, 0.1) is 0 Å². The van der Waals surface area contributed by atoms with E-state index in [1.807, 2.05) is 27.7 Å². The first kappa shape index (κ1) is 38.4. The summed E-state index contributed by atoms with van der Waals surface area (Å²) in [6.07, 6.45) is 4.93. The number of ketones is 1. The van der Waals surface area contributed by atoms with E-state index in [-0.39, 0.29) is 13.2 Å². The van der Waals surface area contributed by atoms with Gasteiger partial charge in [-0.15, -0.1) is 0 Å². The zero-order chi connectivity index (χ0) is 20.0. The number of aliphatic imine (C=N–C) groups is 2. The average Bonchev–Trinajstić information content (AvgIpc) is 2.26. The van der Waals surface area contributed by atoms with Gasteiger partial charge < -0.3 is 4.79 Å². The number of nitrogens with zero attached hydrogens (tertiary/aromatic N) is 3. The largest absolute Gasteiger partial charge is 0.300 e. The molecule has 144 valence electrons. The molecule has 0 heterocycles. The number of hydrogen-bond donors (Lipinski definition) is 0. The summed E-state index contributed by atoms with van der Waals surface area (Å²) in [5, 5.41) is 7.80. The van der Waals surface area contributed by atoms with Crippen LogP contribution in [-0.2, 0) is 15.6 Å². The average molecular weight is 380 g/mol. The number of hydrogen-bond acceptors (Lipinski definition) is 6. The second-order valence-electron chi connectivity index (χ2n) is 4.89. The maximum atomic E-state index is 9.56. The van der Waals surface area contributed by atoms with Gasteiger partial charge in [-0.05, 0) is 60.3 Å². The van der Waals surface area contributed by atoms with Crippen LogP contribution >= 0.6 is 12.2 Å². The van der Waals surface area contributed by atoms with E-state index >= 15 is 0 Å². The van der Waals surface area contributed by atoms with Gasteiger partial charge in [0.1, 0.15) is 5.78 Å². The Kier molecular flexibility index (Phi) is 53.3. The van der Waals surface area contributed by atoms with Gasteiger partial charge in [0.25, 0.3) is 0 Å². The molecular weight excluding hydrogens is 342 g/mol. The number of thiocarbonyl (C=S) groups is 1. The third kappa shape index (κ3) is 578. The highest BCUT2D eigenvalue weighted by molar-refractivity contribution is 7.83. The summed E-state index contributed by atoms with van der Waals surface area (Å²) in [6.45, 7) is 14.4. The van der Waals surface area contributed by atoms with Gasteiger partial charge in [0.15, 0.2) is 0 Å². The molecule has 0 saturated carbocycles. The number of rotatable bonds is 0. The highest BCUT2D eigenvalue weighted by Crippen LogP contribution is 1.67. The number of Topliss-reactive ketones (excluding diaryl/α,β-unsaturated/α-hetero) is 1. The topological polar surface area (TPSA) is 82.7 Å². The second-order valence-corrected chi connectivity index (χ2v) is 7.19.